The molecule has 0 spiro atoms. The van der Waals surface area contributed by atoms with Gasteiger partial charge in [0, 0.05) is 44.7 Å². The fourth-order valence-corrected chi connectivity index (χ4v) is 4.67. The maximum Gasteiger partial charge on any atom is 0.130 e. The standard InChI is InChI=1S/C25H33FN2O3/c1-18-15-28(10-12-30-18)9-4-11-31-21-6-7-22-19(13-21)16-27(2)17-24(22)23-8-5-20(29-3)14-25(23)26/h5-8,13-14,18,24H,4,9-12,15-17H2,1-3H3. The van der Waals surface area contributed by atoms with E-state index >= 15 is 0 Å². The van der Waals surface area contributed by atoms with Crippen LogP contribution in [0, 0.1) is 5.82 Å². The number of hydrogen-bond acceptors (Lipinski definition) is 5. The van der Waals surface area contributed by atoms with Gasteiger partial charge in [0.05, 0.1) is 26.4 Å². The number of hydrogen-bond donors (Lipinski definition) is 0. The van der Waals surface area contributed by atoms with E-state index in [2.05, 4.69) is 35.9 Å². The fourth-order valence-electron chi connectivity index (χ4n) is 4.67. The zero-order chi connectivity index (χ0) is 21.8. The maximum absolute atomic E-state index is 14.8. The molecule has 5 nitrogen and oxygen atoms in total. The van der Waals surface area contributed by atoms with Crippen molar-refractivity contribution in [3.05, 3.63) is 58.9 Å². The van der Waals surface area contributed by atoms with Crippen LogP contribution in [0.2, 0.25) is 0 Å². The maximum atomic E-state index is 14.8. The van der Waals surface area contributed by atoms with Crippen LogP contribution in [0.5, 0.6) is 11.5 Å². The molecule has 168 valence electrons. The quantitative estimate of drug-likeness (QED) is 0.625. The Morgan fingerprint density at radius 2 is 1.90 bits per heavy atom. The van der Waals surface area contributed by atoms with E-state index in [4.69, 9.17) is 14.2 Å². The average Bonchev–Trinajstić information content (AvgIpc) is 2.76. The zero-order valence-corrected chi connectivity index (χ0v) is 18.8. The van der Waals surface area contributed by atoms with Crippen molar-refractivity contribution >= 4 is 0 Å². The summed E-state index contributed by atoms with van der Waals surface area (Å²) in [4.78, 5) is 4.67. The molecule has 0 saturated carbocycles. The predicted octanol–water partition coefficient (Wildman–Crippen LogP) is 3.90. The van der Waals surface area contributed by atoms with Gasteiger partial charge in [-0.3, -0.25) is 4.90 Å². The van der Waals surface area contributed by atoms with E-state index < -0.39 is 0 Å². The van der Waals surface area contributed by atoms with Gasteiger partial charge >= 0.3 is 0 Å². The zero-order valence-electron chi connectivity index (χ0n) is 18.8. The van der Waals surface area contributed by atoms with Gasteiger partial charge in [0.25, 0.3) is 0 Å². The van der Waals surface area contributed by atoms with Gasteiger partial charge in [0.1, 0.15) is 17.3 Å². The average molecular weight is 429 g/mol. The fraction of sp³-hybridized carbons (Fsp3) is 0.520. The minimum Gasteiger partial charge on any atom is -0.497 e. The lowest BCUT2D eigenvalue weighted by molar-refractivity contribution is -0.0193. The van der Waals surface area contributed by atoms with Crippen LogP contribution in [0.4, 0.5) is 4.39 Å². The van der Waals surface area contributed by atoms with E-state index in [1.165, 1.54) is 17.2 Å². The summed E-state index contributed by atoms with van der Waals surface area (Å²) in [5.74, 6) is 1.21. The summed E-state index contributed by atoms with van der Waals surface area (Å²) in [6.07, 6.45) is 1.31. The van der Waals surface area contributed by atoms with Crippen LogP contribution in [0.3, 0.4) is 0 Å². The number of rotatable bonds is 7. The monoisotopic (exact) mass is 428 g/mol. The molecule has 1 saturated heterocycles. The van der Waals surface area contributed by atoms with Crippen LogP contribution < -0.4 is 9.47 Å². The molecule has 4 rings (SSSR count). The second-order valence-electron chi connectivity index (χ2n) is 8.68. The van der Waals surface area contributed by atoms with Crippen molar-refractivity contribution in [2.24, 2.45) is 0 Å². The van der Waals surface area contributed by atoms with E-state index in [0.717, 1.165) is 51.5 Å². The minimum atomic E-state index is -0.219. The van der Waals surface area contributed by atoms with Crippen LogP contribution in [-0.2, 0) is 11.3 Å². The Morgan fingerprint density at radius 3 is 2.68 bits per heavy atom. The molecule has 0 amide bonds. The second-order valence-corrected chi connectivity index (χ2v) is 8.68. The van der Waals surface area contributed by atoms with Crippen molar-refractivity contribution in [2.75, 3.05) is 53.6 Å². The van der Waals surface area contributed by atoms with E-state index in [-0.39, 0.29) is 11.7 Å². The summed E-state index contributed by atoms with van der Waals surface area (Å²) >= 11 is 0. The second kappa shape index (κ2) is 9.98. The first-order valence-corrected chi connectivity index (χ1v) is 11.1. The summed E-state index contributed by atoms with van der Waals surface area (Å²) in [7, 11) is 3.63. The third kappa shape index (κ3) is 5.37. The van der Waals surface area contributed by atoms with Crippen molar-refractivity contribution in [3.8, 4) is 11.5 Å². The molecular weight excluding hydrogens is 395 g/mol. The molecule has 2 unspecified atom stereocenters. The smallest absolute Gasteiger partial charge is 0.130 e. The van der Waals surface area contributed by atoms with E-state index in [1.807, 2.05) is 18.2 Å². The summed E-state index contributed by atoms with van der Waals surface area (Å²) in [6, 6.07) is 11.4. The van der Waals surface area contributed by atoms with Gasteiger partial charge in [-0.25, -0.2) is 4.39 Å². The number of morpholine rings is 1. The van der Waals surface area contributed by atoms with Crippen LogP contribution in [0.25, 0.3) is 0 Å². The first-order valence-electron chi connectivity index (χ1n) is 11.1. The van der Waals surface area contributed by atoms with Crippen LogP contribution in [0.15, 0.2) is 36.4 Å². The van der Waals surface area contributed by atoms with Crippen molar-refractivity contribution in [3.63, 3.8) is 0 Å². The van der Waals surface area contributed by atoms with E-state index in [0.29, 0.717) is 24.0 Å². The molecule has 0 bridgehead atoms. The van der Waals surface area contributed by atoms with E-state index in [9.17, 15) is 4.39 Å². The molecule has 2 aliphatic heterocycles. The molecule has 0 aromatic heterocycles. The van der Waals surface area contributed by atoms with E-state index in [1.54, 1.807) is 7.11 Å². The third-order valence-corrected chi connectivity index (χ3v) is 6.22. The van der Waals surface area contributed by atoms with Gasteiger partial charge in [-0.2, -0.15) is 0 Å². The van der Waals surface area contributed by atoms with Gasteiger partial charge in [0.15, 0.2) is 0 Å². The molecule has 0 N–H and O–H groups in total. The largest absolute Gasteiger partial charge is 0.497 e. The number of nitrogens with zero attached hydrogens (tertiary/aromatic N) is 2. The number of ether oxygens (including phenoxy) is 3. The predicted molar refractivity (Wildman–Crippen MR) is 120 cm³/mol. The molecule has 0 aliphatic carbocycles. The van der Waals surface area contributed by atoms with Gasteiger partial charge in [-0.05, 0) is 55.3 Å². The minimum absolute atomic E-state index is 0.00276. The van der Waals surface area contributed by atoms with Crippen molar-refractivity contribution < 1.29 is 18.6 Å². The third-order valence-electron chi connectivity index (χ3n) is 6.22. The summed E-state index contributed by atoms with van der Waals surface area (Å²) < 4.78 is 31.6. The number of likely N-dealkylation sites (N-methyl/N-ethyl adjacent to an activating group) is 1. The van der Waals surface area contributed by atoms with Crippen molar-refractivity contribution in [2.45, 2.75) is 31.9 Å². The number of benzene rings is 2. The topological polar surface area (TPSA) is 34.2 Å². The highest BCUT2D eigenvalue weighted by Crippen LogP contribution is 2.36. The Bertz CT molecular complexity index is 891. The molecule has 2 aromatic rings. The molecule has 2 heterocycles. The van der Waals surface area contributed by atoms with Gasteiger partial charge in [0.2, 0.25) is 0 Å². The highest BCUT2D eigenvalue weighted by Gasteiger charge is 2.27. The molecular formula is C25H33FN2O3. The molecule has 6 heteroatoms. The van der Waals surface area contributed by atoms with Crippen LogP contribution >= 0.6 is 0 Å². The highest BCUT2D eigenvalue weighted by molar-refractivity contribution is 5.45. The molecule has 2 aliphatic rings. The molecule has 0 radical (unpaired) electrons. The lowest BCUT2D eigenvalue weighted by atomic mass is 9.84. The van der Waals surface area contributed by atoms with Gasteiger partial charge in [-0.1, -0.05) is 12.1 Å². The highest BCUT2D eigenvalue weighted by atomic mass is 19.1. The van der Waals surface area contributed by atoms with Gasteiger partial charge < -0.3 is 19.1 Å². The van der Waals surface area contributed by atoms with Crippen molar-refractivity contribution in [1.82, 2.24) is 9.80 Å². The molecule has 1 fully saturated rings. The van der Waals surface area contributed by atoms with Gasteiger partial charge in [-0.15, -0.1) is 0 Å². The molecule has 2 aromatic carbocycles. The SMILES string of the molecule is COc1ccc(C2CN(C)Cc3cc(OCCCN4CCOC(C)C4)ccc32)c(F)c1. The first kappa shape index (κ1) is 22.1. The Balaban J connectivity index is 1.41. The Hall–Kier alpha value is -2.15. The normalized spacial score (nSPS) is 22.2. The Kier molecular flexibility index (Phi) is 7.10. The number of fused-ring (bicyclic) bond motifs is 1. The van der Waals surface area contributed by atoms with Crippen LogP contribution in [0.1, 0.15) is 36.0 Å². The Labute approximate surface area is 184 Å². The lowest BCUT2D eigenvalue weighted by Gasteiger charge is -2.33. The summed E-state index contributed by atoms with van der Waals surface area (Å²) in [6.45, 7) is 8.28. The number of methoxy groups -OCH3 is 1. The summed E-state index contributed by atoms with van der Waals surface area (Å²) in [5, 5.41) is 0. The first-order chi connectivity index (χ1) is 15.0. The molecule has 2 atom stereocenters. The lowest BCUT2D eigenvalue weighted by Crippen LogP contribution is -2.41. The molecule has 31 heavy (non-hydrogen) atoms. The summed E-state index contributed by atoms with van der Waals surface area (Å²) in [5.41, 5.74) is 3.09. The van der Waals surface area contributed by atoms with Crippen LogP contribution in [-0.4, -0.2) is 69.5 Å². The Morgan fingerprint density at radius 1 is 1.10 bits per heavy atom. The number of halogens is 1. The van der Waals surface area contributed by atoms with Crippen molar-refractivity contribution in [1.29, 1.82) is 0 Å².